The fourth-order valence-electron chi connectivity index (χ4n) is 4.24. The summed E-state index contributed by atoms with van der Waals surface area (Å²) >= 11 is 0. The van der Waals surface area contributed by atoms with Crippen molar-refractivity contribution >= 4 is 22.3 Å². The summed E-state index contributed by atoms with van der Waals surface area (Å²) in [4.78, 5) is 4.58. The largest absolute Gasteiger partial charge is 0.416 e. The van der Waals surface area contributed by atoms with Crippen LogP contribution in [0.25, 0.3) is 16.5 Å². The Morgan fingerprint density at radius 1 is 1.19 bits per heavy atom. The SMILES string of the molecule is Cc1c([C@@H](C)Nc2nnc(C)c3ncc(C4=CCC(O)CC4)cc23)cccc1C(F)(F)F. The highest BCUT2D eigenvalue weighted by Gasteiger charge is 2.33. The fourth-order valence-corrected chi connectivity index (χ4v) is 4.24. The van der Waals surface area contributed by atoms with E-state index in [-0.39, 0.29) is 11.7 Å². The number of aromatic nitrogens is 3. The number of hydrogen-bond donors (Lipinski definition) is 2. The molecule has 0 saturated carbocycles. The molecule has 4 rings (SSSR count). The highest BCUT2D eigenvalue weighted by molar-refractivity contribution is 5.92. The number of nitrogens with zero attached hydrogens (tertiary/aromatic N) is 3. The molecule has 1 unspecified atom stereocenters. The second-order valence-corrected chi connectivity index (χ2v) is 8.30. The first-order chi connectivity index (χ1) is 15.1. The van der Waals surface area contributed by atoms with Crippen LogP contribution in [0.15, 0.2) is 36.5 Å². The predicted molar refractivity (Wildman–Crippen MR) is 118 cm³/mol. The Morgan fingerprint density at radius 3 is 2.66 bits per heavy atom. The van der Waals surface area contributed by atoms with Crippen molar-refractivity contribution in [1.82, 2.24) is 15.2 Å². The zero-order chi connectivity index (χ0) is 23.0. The Kier molecular flexibility index (Phi) is 5.90. The molecule has 0 amide bonds. The number of rotatable bonds is 4. The third-order valence-corrected chi connectivity index (χ3v) is 6.04. The smallest absolute Gasteiger partial charge is 0.393 e. The molecule has 168 valence electrons. The van der Waals surface area contributed by atoms with E-state index >= 15 is 0 Å². The zero-order valence-corrected chi connectivity index (χ0v) is 18.2. The normalized spacial score (nSPS) is 17.8. The number of aryl methyl sites for hydroxylation is 1. The van der Waals surface area contributed by atoms with E-state index in [1.807, 2.05) is 19.1 Å². The maximum absolute atomic E-state index is 13.3. The number of anilines is 1. The molecule has 3 aromatic rings. The van der Waals surface area contributed by atoms with E-state index in [9.17, 15) is 18.3 Å². The third kappa shape index (κ3) is 4.32. The van der Waals surface area contributed by atoms with Crippen LogP contribution in [-0.4, -0.2) is 26.4 Å². The molecule has 0 radical (unpaired) electrons. The molecular weight excluding hydrogens is 417 g/mol. The van der Waals surface area contributed by atoms with Crippen LogP contribution in [0.4, 0.5) is 19.0 Å². The van der Waals surface area contributed by atoms with Gasteiger partial charge in [0.15, 0.2) is 5.82 Å². The van der Waals surface area contributed by atoms with Gasteiger partial charge in [-0.1, -0.05) is 18.2 Å². The average molecular weight is 442 g/mol. The van der Waals surface area contributed by atoms with Crippen LogP contribution >= 0.6 is 0 Å². The van der Waals surface area contributed by atoms with Crippen molar-refractivity contribution in [3.63, 3.8) is 0 Å². The molecule has 2 aromatic heterocycles. The minimum Gasteiger partial charge on any atom is -0.393 e. The Bertz CT molecular complexity index is 1190. The van der Waals surface area contributed by atoms with Gasteiger partial charge in [-0.3, -0.25) is 4.98 Å². The maximum Gasteiger partial charge on any atom is 0.416 e. The molecule has 1 aliphatic rings. The van der Waals surface area contributed by atoms with Gasteiger partial charge in [0.25, 0.3) is 0 Å². The molecule has 0 bridgehead atoms. The number of alkyl halides is 3. The summed E-state index contributed by atoms with van der Waals surface area (Å²) in [6, 6.07) is 5.77. The number of hydrogen-bond acceptors (Lipinski definition) is 5. The third-order valence-electron chi connectivity index (χ3n) is 6.04. The lowest BCUT2D eigenvalue weighted by Crippen LogP contribution is -2.15. The first-order valence-electron chi connectivity index (χ1n) is 10.6. The zero-order valence-electron chi connectivity index (χ0n) is 18.2. The van der Waals surface area contributed by atoms with E-state index in [0.717, 1.165) is 29.0 Å². The molecule has 5 nitrogen and oxygen atoms in total. The predicted octanol–water partition coefficient (Wildman–Crippen LogP) is 5.76. The van der Waals surface area contributed by atoms with Crippen LogP contribution in [0.5, 0.6) is 0 Å². The van der Waals surface area contributed by atoms with E-state index in [1.54, 1.807) is 19.2 Å². The summed E-state index contributed by atoms with van der Waals surface area (Å²) in [6.07, 6.45) is 1.18. The monoisotopic (exact) mass is 442 g/mol. The van der Waals surface area contributed by atoms with E-state index in [2.05, 4.69) is 20.5 Å². The summed E-state index contributed by atoms with van der Waals surface area (Å²) in [5, 5.41) is 22.2. The number of pyridine rings is 1. The highest BCUT2D eigenvalue weighted by atomic mass is 19.4. The first kappa shape index (κ1) is 22.2. The van der Waals surface area contributed by atoms with E-state index in [1.165, 1.54) is 13.0 Å². The van der Waals surface area contributed by atoms with Gasteiger partial charge in [-0.25, -0.2) is 0 Å². The number of allylic oxidation sites excluding steroid dienone is 1. The van der Waals surface area contributed by atoms with Crippen LogP contribution in [0.1, 0.15) is 60.2 Å². The van der Waals surface area contributed by atoms with Gasteiger partial charge in [0.1, 0.15) is 0 Å². The molecule has 2 heterocycles. The van der Waals surface area contributed by atoms with Crippen LogP contribution in [0, 0.1) is 13.8 Å². The molecule has 1 aromatic carbocycles. The van der Waals surface area contributed by atoms with Gasteiger partial charge in [-0.2, -0.15) is 18.3 Å². The van der Waals surface area contributed by atoms with Crippen LogP contribution in [0.2, 0.25) is 0 Å². The van der Waals surface area contributed by atoms with Gasteiger partial charge >= 0.3 is 6.18 Å². The standard InChI is InChI=1S/C24H25F3N4O/c1-13-19(5-4-6-21(13)24(25,26)27)14(2)29-23-20-11-17(16-7-9-18(32)10-8-16)12-28-22(20)15(3)30-31-23/h4-7,11-12,14,18,32H,8-10H2,1-3H3,(H,29,31)/t14-,18?/m1/s1. The van der Waals surface area contributed by atoms with Gasteiger partial charge in [0, 0.05) is 11.6 Å². The van der Waals surface area contributed by atoms with Gasteiger partial charge in [-0.05, 0) is 74.4 Å². The Hall–Kier alpha value is -3.00. The van der Waals surface area contributed by atoms with Crippen LogP contribution in [0.3, 0.4) is 0 Å². The molecule has 2 atom stereocenters. The highest BCUT2D eigenvalue weighted by Crippen LogP contribution is 2.36. The van der Waals surface area contributed by atoms with Crippen molar-refractivity contribution in [2.75, 3.05) is 5.32 Å². The van der Waals surface area contributed by atoms with Crippen molar-refractivity contribution in [3.05, 3.63) is 64.5 Å². The molecule has 0 saturated heterocycles. The van der Waals surface area contributed by atoms with Gasteiger partial charge < -0.3 is 10.4 Å². The lowest BCUT2D eigenvalue weighted by molar-refractivity contribution is -0.138. The molecule has 0 fully saturated rings. The van der Waals surface area contributed by atoms with Crippen molar-refractivity contribution < 1.29 is 18.3 Å². The molecule has 2 N–H and O–H groups in total. The minimum absolute atomic E-state index is 0.189. The topological polar surface area (TPSA) is 70.9 Å². The molecule has 0 spiro atoms. The maximum atomic E-state index is 13.3. The summed E-state index contributed by atoms with van der Waals surface area (Å²) in [6.45, 7) is 5.11. The number of nitrogens with one attached hydrogen (secondary N) is 1. The summed E-state index contributed by atoms with van der Waals surface area (Å²) in [5.74, 6) is 0.473. The molecule has 1 aliphatic carbocycles. The second kappa shape index (κ2) is 8.50. The Morgan fingerprint density at radius 2 is 1.97 bits per heavy atom. The second-order valence-electron chi connectivity index (χ2n) is 8.30. The average Bonchev–Trinajstić information content (AvgIpc) is 2.75. The van der Waals surface area contributed by atoms with Crippen LogP contribution < -0.4 is 5.32 Å². The molecule has 0 aliphatic heterocycles. The number of aliphatic hydroxyl groups excluding tert-OH is 1. The van der Waals surface area contributed by atoms with Gasteiger partial charge in [-0.15, -0.1) is 5.10 Å². The van der Waals surface area contributed by atoms with Gasteiger partial charge in [0.05, 0.1) is 28.9 Å². The molecule has 32 heavy (non-hydrogen) atoms. The lowest BCUT2D eigenvalue weighted by Gasteiger charge is -2.21. The summed E-state index contributed by atoms with van der Waals surface area (Å²) in [5.41, 5.74) is 3.52. The van der Waals surface area contributed by atoms with Crippen molar-refractivity contribution in [3.8, 4) is 0 Å². The number of halogens is 3. The summed E-state index contributed by atoms with van der Waals surface area (Å²) in [7, 11) is 0. The van der Waals surface area contributed by atoms with Crippen molar-refractivity contribution in [2.45, 2.75) is 58.4 Å². The number of benzene rings is 1. The summed E-state index contributed by atoms with van der Waals surface area (Å²) < 4.78 is 40.0. The van der Waals surface area contributed by atoms with Gasteiger partial charge in [0.2, 0.25) is 0 Å². The van der Waals surface area contributed by atoms with Crippen LogP contribution in [-0.2, 0) is 6.18 Å². The molecular formula is C24H25F3N4O. The van der Waals surface area contributed by atoms with Crippen molar-refractivity contribution in [1.29, 1.82) is 0 Å². The van der Waals surface area contributed by atoms with E-state index in [0.29, 0.717) is 35.4 Å². The molecule has 8 heteroatoms. The first-order valence-corrected chi connectivity index (χ1v) is 10.6. The minimum atomic E-state index is -4.41. The number of fused-ring (bicyclic) bond motifs is 1. The fraction of sp³-hybridized carbons (Fsp3) is 0.375. The Balaban J connectivity index is 1.72. The Labute approximate surface area is 184 Å². The van der Waals surface area contributed by atoms with E-state index in [4.69, 9.17) is 0 Å². The lowest BCUT2D eigenvalue weighted by atomic mass is 9.92. The van der Waals surface area contributed by atoms with E-state index < -0.39 is 17.8 Å². The number of aliphatic hydroxyl groups is 1. The quantitative estimate of drug-likeness (QED) is 0.537. The van der Waals surface area contributed by atoms with Crippen molar-refractivity contribution in [2.24, 2.45) is 0 Å².